The van der Waals surface area contributed by atoms with Crippen LogP contribution in [0.25, 0.3) is 0 Å². The van der Waals surface area contributed by atoms with Gasteiger partial charge < -0.3 is 0 Å². The lowest BCUT2D eigenvalue weighted by Crippen LogP contribution is -1.66. The first-order chi connectivity index (χ1) is 9.81. The maximum absolute atomic E-state index is 3.66. The molecule has 0 heterocycles. The summed E-state index contributed by atoms with van der Waals surface area (Å²) in [5.74, 6) is 35.1. The van der Waals surface area contributed by atoms with Gasteiger partial charge in [-0.25, -0.2) is 0 Å². The molecule has 0 aliphatic carbocycles. The second-order valence-corrected chi connectivity index (χ2v) is 2.90. The first-order valence-corrected chi connectivity index (χ1v) is 5.70. The van der Waals surface area contributed by atoms with Gasteiger partial charge in [0.2, 0.25) is 0 Å². The first kappa shape index (κ1) is 16.9. The van der Waals surface area contributed by atoms with Crippen molar-refractivity contribution in [2.75, 3.05) is 0 Å². The van der Waals surface area contributed by atoms with Gasteiger partial charge in [0.1, 0.15) is 0 Å². The molecule has 0 fully saturated rings. The summed E-state index contributed by atoms with van der Waals surface area (Å²) < 4.78 is 0. The van der Waals surface area contributed by atoms with E-state index in [0.717, 1.165) is 0 Å². The molecule has 2 heteroatoms. The van der Waals surface area contributed by atoms with Gasteiger partial charge in [-0.15, -0.1) is 0 Å². The molecule has 0 radical (unpaired) electrons. The van der Waals surface area contributed by atoms with E-state index < -0.39 is 0 Å². The summed E-state index contributed by atoms with van der Waals surface area (Å²) in [5.41, 5.74) is 0.403. The van der Waals surface area contributed by atoms with E-state index in [1.807, 2.05) is 0 Å². The topological polar surface area (TPSA) is 0 Å². The third-order valence-electron chi connectivity index (χ3n) is 1.16. The van der Waals surface area contributed by atoms with E-state index in [4.69, 9.17) is 0 Å². The van der Waals surface area contributed by atoms with Crippen LogP contribution in [0.4, 0.5) is 0 Å². The third kappa shape index (κ3) is 13.0. The van der Waals surface area contributed by atoms with E-state index in [0.29, 0.717) is 5.57 Å². The zero-order valence-corrected chi connectivity index (χ0v) is 11.9. The predicted octanol–water partition coefficient (Wildman–Crippen LogP) is 1.34. The predicted molar refractivity (Wildman–Crippen MR) is 89.3 cm³/mol. The molecule has 0 saturated heterocycles. The van der Waals surface area contributed by atoms with Crippen molar-refractivity contribution in [3.8, 4) is 93.4 Å². The van der Waals surface area contributed by atoms with Crippen molar-refractivity contribution in [1.82, 2.24) is 0 Å². The lowest BCUT2D eigenvalue weighted by molar-refractivity contribution is 1.98. The Labute approximate surface area is 131 Å². The normalized spacial score (nSPS) is 4.50. The van der Waals surface area contributed by atoms with E-state index in [-0.39, 0.29) is 0 Å². The van der Waals surface area contributed by atoms with Gasteiger partial charge in [0.05, 0.1) is 5.57 Å². The van der Waals surface area contributed by atoms with Crippen molar-refractivity contribution in [3.63, 3.8) is 0 Å². The molecule has 0 bridgehead atoms. The van der Waals surface area contributed by atoms with E-state index in [9.17, 15) is 0 Å². The molecule has 0 nitrogen and oxygen atoms in total. The van der Waals surface area contributed by atoms with Gasteiger partial charge in [-0.2, -0.15) is 0 Å². The monoisotopic (exact) mass is 284 g/mol. The van der Waals surface area contributed by atoms with Gasteiger partial charge >= 0.3 is 0 Å². The van der Waals surface area contributed by atoms with Gasteiger partial charge in [0.25, 0.3) is 0 Å². The van der Waals surface area contributed by atoms with Gasteiger partial charge in [0, 0.05) is 0 Å². The Morgan fingerprint density at radius 2 is 0.800 bits per heavy atom. The minimum Gasteiger partial charge on any atom is -0.0912 e. The largest absolute Gasteiger partial charge is 0.0912 e. The van der Waals surface area contributed by atoms with Crippen LogP contribution >= 0.6 is 25.3 Å². The maximum Gasteiger partial charge on any atom is 0.0692 e. The Hall–Kier alpha value is -3.08. The van der Waals surface area contributed by atoms with Crippen LogP contribution in [0.3, 0.4) is 0 Å². The fraction of sp³-hybridized carbons (Fsp3) is 0. The standard InChI is InChI=1S/C18H4S2/c1-18(14-10-6-2-4-8-12-16-19)15-11-7-3-5-9-13-17-20/h19-20H,1H2. The quantitative estimate of drug-likeness (QED) is 0.487. The lowest BCUT2D eigenvalue weighted by atomic mass is 10.3. The number of hydrogen-bond acceptors (Lipinski definition) is 2. The van der Waals surface area contributed by atoms with Crippen molar-refractivity contribution in [3.05, 3.63) is 12.2 Å². The third-order valence-corrected chi connectivity index (χ3v) is 1.39. The summed E-state index contributed by atoms with van der Waals surface area (Å²) in [4.78, 5) is 0. The number of rotatable bonds is 0. The first-order valence-electron chi connectivity index (χ1n) is 4.80. The molecule has 0 aliphatic rings. The highest BCUT2D eigenvalue weighted by atomic mass is 32.1. The minimum atomic E-state index is 0.403. The second-order valence-electron chi connectivity index (χ2n) is 2.45. The Balaban J connectivity index is 4.47. The van der Waals surface area contributed by atoms with Crippen LogP contribution in [0.2, 0.25) is 0 Å². The van der Waals surface area contributed by atoms with Crippen LogP contribution in [0.5, 0.6) is 0 Å². The Kier molecular flexibility index (Phi) is 11.8. The summed E-state index contributed by atoms with van der Waals surface area (Å²) >= 11 is 7.32. The minimum absolute atomic E-state index is 0.403. The fourth-order valence-corrected chi connectivity index (χ4v) is 0.662. The zero-order chi connectivity index (χ0) is 14.9. The highest BCUT2D eigenvalue weighted by Gasteiger charge is 1.74. The molecule has 0 rings (SSSR count). The van der Waals surface area contributed by atoms with Crippen LogP contribution in [0.1, 0.15) is 0 Å². The van der Waals surface area contributed by atoms with Gasteiger partial charge in [-0.05, 0) is 93.4 Å². The van der Waals surface area contributed by atoms with Crippen LogP contribution < -0.4 is 0 Å². The van der Waals surface area contributed by atoms with Crippen LogP contribution in [-0.4, -0.2) is 0 Å². The van der Waals surface area contributed by atoms with Crippen LogP contribution in [0.15, 0.2) is 12.2 Å². The van der Waals surface area contributed by atoms with Crippen molar-refractivity contribution in [2.24, 2.45) is 0 Å². The summed E-state index contributed by atoms with van der Waals surface area (Å²) in [6, 6.07) is 0. The van der Waals surface area contributed by atoms with Crippen molar-refractivity contribution < 1.29 is 0 Å². The van der Waals surface area contributed by atoms with Crippen molar-refractivity contribution in [2.45, 2.75) is 0 Å². The molecule has 0 aromatic heterocycles. The highest BCUT2D eigenvalue weighted by molar-refractivity contribution is 7.85. The molecule has 0 aliphatic heterocycles. The van der Waals surface area contributed by atoms with E-state index in [1.165, 1.54) is 0 Å². The number of hydrogen-bond donors (Lipinski definition) is 2. The SMILES string of the molecule is C=C(C#CC#CC#CC#CS)C#CC#CC#CC#CS. The van der Waals surface area contributed by atoms with Gasteiger partial charge in [-0.3, -0.25) is 0 Å². The molecule has 0 unspecified atom stereocenters. The van der Waals surface area contributed by atoms with Crippen molar-refractivity contribution in [1.29, 1.82) is 0 Å². The van der Waals surface area contributed by atoms with Crippen LogP contribution in [0, 0.1) is 93.4 Å². The van der Waals surface area contributed by atoms with E-state index >= 15 is 0 Å². The summed E-state index contributed by atoms with van der Waals surface area (Å²) in [7, 11) is 0. The average Bonchev–Trinajstić information content (AvgIpc) is 2.45. The number of thiol groups is 2. The van der Waals surface area contributed by atoms with Gasteiger partial charge in [0.15, 0.2) is 0 Å². The molecular formula is C18H4S2. The molecule has 88 valence electrons. The Morgan fingerprint density at radius 1 is 0.500 bits per heavy atom. The van der Waals surface area contributed by atoms with Crippen molar-refractivity contribution >= 4 is 25.3 Å². The fourth-order valence-electron chi connectivity index (χ4n) is 0.551. The molecule has 0 saturated carbocycles. The molecule has 0 aromatic rings. The van der Waals surface area contributed by atoms with E-state index in [2.05, 4.69) is 125 Å². The molecule has 0 aromatic carbocycles. The summed E-state index contributed by atoms with van der Waals surface area (Å²) in [6.45, 7) is 3.63. The smallest absolute Gasteiger partial charge is 0.0692 e. The number of allylic oxidation sites excluding steroid dienone is 1. The lowest BCUT2D eigenvalue weighted by Gasteiger charge is -1.72. The maximum atomic E-state index is 3.66. The van der Waals surface area contributed by atoms with Gasteiger partial charge in [-0.1, -0.05) is 31.8 Å². The molecule has 0 spiro atoms. The molecule has 0 amide bonds. The summed E-state index contributed by atoms with van der Waals surface area (Å²) in [5, 5.41) is 4.65. The second kappa shape index (κ2) is 14.0. The summed E-state index contributed by atoms with van der Waals surface area (Å²) in [6.07, 6.45) is 0. The molecule has 0 N–H and O–H groups in total. The zero-order valence-electron chi connectivity index (χ0n) is 10.1. The highest BCUT2D eigenvalue weighted by Crippen LogP contribution is 1.80. The molecule has 0 atom stereocenters. The van der Waals surface area contributed by atoms with E-state index in [1.54, 1.807) is 0 Å². The molecule has 20 heavy (non-hydrogen) atoms. The average molecular weight is 284 g/mol. The Bertz CT molecular complexity index is 796. The van der Waals surface area contributed by atoms with Crippen LogP contribution in [-0.2, 0) is 0 Å². The Morgan fingerprint density at radius 3 is 1.15 bits per heavy atom. The molecular weight excluding hydrogens is 280 g/mol.